The highest BCUT2D eigenvalue weighted by atomic mass is 32.2. The van der Waals surface area contributed by atoms with Gasteiger partial charge in [0.05, 0.1) is 4.90 Å². The molecule has 0 bridgehead atoms. The first-order chi connectivity index (χ1) is 11.8. The standard InChI is InChI=1S/C18H23N3O3S/c1-5-21(4)16-8-6-7-15(13-16)19-18(22)14-9-11-17(12-10-14)25(23,24)20(2)3/h6-13H,5H2,1-4H3,(H,19,22). The molecule has 0 unspecified atom stereocenters. The number of nitrogens with one attached hydrogen (secondary N) is 1. The van der Waals surface area contributed by atoms with Crippen LogP contribution in [0.2, 0.25) is 0 Å². The quantitative estimate of drug-likeness (QED) is 0.859. The predicted molar refractivity (Wildman–Crippen MR) is 101 cm³/mol. The molecule has 2 aromatic carbocycles. The Morgan fingerprint density at radius 1 is 1.04 bits per heavy atom. The van der Waals surface area contributed by atoms with Gasteiger partial charge in [0.15, 0.2) is 0 Å². The first-order valence-electron chi connectivity index (χ1n) is 7.91. The van der Waals surface area contributed by atoms with Crippen molar-refractivity contribution in [2.24, 2.45) is 0 Å². The smallest absolute Gasteiger partial charge is 0.255 e. The molecule has 2 rings (SSSR count). The first-order valence-corrected chi connectivity index (χ1v) is 9.35. The fraction of sp³-hybridized carbons (Fsp3) is 0.278. The number of carbonyl (C=O) groups is 1. The van der Waals surface area contributed by atoms with E-state index in [2.05, 4.69) is 17.1 Å². The number of rotatable bonds is 6. The highest BCUT2D eigenvalue weighted by Crippen LogP contribution is 2.19. The lowest BCUT2D eigenvalue weighted by molar-refractivity contribution is 0.102. The molecule has 0 saturated carbocycles. The van der Waals surface area contributed by atoms with Gasteiger partial charge in [-0.1, -0.05) is 6.07 Å². The number of benzene rings is 2. The number of hydrogen-bond donors (Lipinski definition) is 1. The van der Waals surface area contributed by atoms with Crippen molar-refractivity contribution in [2.75, 3.05) is 37.9 Å². The van der Waals surface area contributed by atoms with Gasteiger partial charge in [-0.05, 0) is 49.4 Å². The van der Waals surface area contributed by atoms with Crippen molar-refractivity contribution in [3.8, 4) is 0 Å². The van der Waals surface area contributed by atoms with Crippen LogP contribution in [0.15, 0.2) is 53.4 Å². The zero-order chi connectivity index (χ0) is 18.6. The summed E-state index contributed by atoms with van der Waals surface area (Å²) in [5, 5.41) is 2.83. The minimum Gasteiger partial charge on any atom is -0.375 e. The average molecular weight is 361 g/mol. The molecule has 0 atom stereocenters. The Bertz CT molecular complexity index is 846. The van der Waals surface area contributed by atoms with Gasteiger partial charge < -0.3 is 10.2 Å². The van der Waals surface area contributed by atoms with E-state index in [1.54, 1.807) is 0 Å². The number of amides is 1. The summed E-state index contributed by atoms with van der Waals surface area (Å²) in [5.41, 5.74) is 2.09. The van der Waals surface area contributed by atoms with Gasteiger partial charge in [-0.15, -0.1) is 0 Å². The zero-order valence-electron chi connectivity index (χ0n) is 14.9. The summed E-state index contributed by atoms with van der Waals surface area (Å²) in [6.45, 7) is 2.91. The van der Waals surface area contributed by atoms with E-state index in [0.29, 0.717) is 11.3 Å². The first kappa shape index (κ1) is 19.0. The highest BCUT2D eigenvalue weighted by molar-refractivity contribution is 7.89. The molecule has 7 heteroatoms. The monoisotopic (exact) mass is 361 g/mol. The maximum atomic E-state index is 12.4. The number of nitrogens with zero attached hydrogens (tertiary/aromatic N) is 2. The molecule has 1 N–H and O–H groups in total. The second-order valence-corrected chi connectivity index (χ2v) is 7.98. The molecule has 0 aliphatic heterocycles. The Morgan fingerprint density at radius 2 is 1.68 bits per heavy atom. The summed E-state index contributed by atoms with van der Waals surface area (Å²) in [6, 6.07) is 13.4. The van der Waals surface area contributed by atoms with Gasteiger partial charge in [0.1, 0.15) is 0 Å². The maximum absolute atomic E-state index is 12.4. The molecule has 0 aromatic heterocycles. The third-order valence-corrected chi connectivity index (χ3v) is 5.74. The van der Waals surface area contributed by atoms with E-state index in [9.17, 15) is 13.2 Å². The van der Waals surface area contributed by atoms with Crippen molar-refractivity contribution < 1.29 is 13.2 Å². The van der Waals surface area contributed by atoms with Crippen molar-refractivity contribution in [2.45, 2.75) is 11.8 Å². The highest BCUT2D eigenvalue weighted by Gasteiger charge is 2.17. The average Bonchev–Trinajstić information content (AvgIpc) is 2.61. The molecule has 1 amide bonds. The fourth-order valence-corrected chi connectivity index (χ4v) is 3.10. The Hall–Kier alpha value is -2.38. The Balaban J connectivity index is 2.17. The van der Waals surface area contributed by atoms with E-state index in [1.165, 1.54) is 38.4 Å². The SMILES string of the molecule is CCN(C)c1cccc(NC(=O)c2ccc(S(=O)(=O)N(C)C)cc2)c1. The molecule has 0 saturated heterocycles. The van der Waals surface area contributed by atoms with Gasteiger partial charge in [-0.25, -0.2) is 12.7 Å². The van der Waals surface area contributed by atoms with Crippen LogP contribution in [0.4, 0.5) is 11.4 Å². The Kier molecular flexibility index (Phi) is 5.81. The van der Waals surface area contributed by atoms with Crippen LogP contribution >= 0.6 is 0 Å². The molecular formula is C18H23N3O3S. The van der Waals surface area contributed by atoms with Gasteiger partial charge in [0, 0.05) is 44.6 Å². The van der Waals surface area contributed by atoms with Crippen molar-refractivity contribution in [3.05, 3.63) is 54.1 Å². The zero-order valence-corrected chi connectivity index (χ0v) is 15.7. The molecule has 0 spiro atoms. The molecule has 0 fully saturated rings. The van der Waals surface area contributed by atoms with Crippen molar-refractivity contribution >= 4 is 27.3 Å². The number of anilines is 2. The lowest BCUT2D eigenvalue weighted by Crippen LogP contribution is -2.22. The molecular weight excluding hydrogens is 338 g/mol. The number of carbonyl (C=O) groups excluding carboxylic acids is 1. The topological polar surface area (TPSA) is 69.7 Å². The summed E-state index contributed by atoms with van der Waals surface area (Å²) in [6.07, 6.45) is 0. The van der Waals surface area contributed by atoms with Crippen LogP contribution in [0.3, 0.4) is 0 Å². The lowest BCUT2D eigenvalue weighted by Gasteiger charge is -2.17. The van der Waals surface area contributed by atoms with E-state index in [4.69, 9.17) is 0 Å². The summed E-state index contributed by atoms with van der Waals surface area (Å²) in [4.78, 5) is 14.6. The molecule has 0 radical (unpaired) electrons. The van der Waals surface area contributed by atoms with E-state index in [-0.39, 0.29) is 10.8 Å². The Morgan fingerprint density at radius 3 is 2.24 bits per heavy atom. The van der Waals surface area contributed by atoms with Crippen LogP contribution in [-0.4, -0.2) is 46.3 Å². The summed E-state index contributed by atoms with van der Waals surface area (Å²) < 4.78 is 25.2. The summed E-state index contributed by atoms with van der Waals surface area (Å²) in [5.74, 6) is -0.287. The van der Waals surface area contributed by atoms with Gasteiger partial charge in [-0.3, -0.25) is 4.79 Å². The summed E-state index contributed by atoms with van der Waals surface area (Å²) in [7, 11) is 1.41. The molecule has 2 aromatic rings. The van der Waals surface area contributed by atoms with Crippen LogP contribution in [0.25, 0.3) is 0 Å². The van der Waals surface area contributed by atoms with Gasteiger partial charge in [0.2, 0.25) is 10.0 Å². The third-order valence-electron chi connectivity index (χ3n) is 3.91. The fourth-order valence-electron chi connectivity index (χ4n) is 2.20. The predicted octanol–water partition coefficient (Wildman–Crippen LogP) is 2.65. The van der Waals surface area contributed by atoms with Crippen molar-refractivity contribution in [1.82, 2.24) is 4.31 Å². The minimum atomic E-state index is -3.50. The molecule has 0 aliphatic carbocycles. The second-order valence-electron chi connectivity index (χ2n) is 5.83. The maximum Gasteiger partial charge on any atom is 0.255 e. The van der Waals surface area contributed by atoms with Crippen LogP contribution in [0, 0.1) is 0 Å². The molecule has 134 valence electrons. The van der Waals surface area contributed by atoms with Crippen LogP contribution in [0.1, 0.15) is 17.3 Å². The second kappa shape index (κ2) is 7.67. The van der Waals surface area contributed by atoms with Crippen LogP contribution in [-0.2, 0) is 10.0 Å². The lowest BCUT2D eigenvalue weighted by atomic mass is 10.2. The summed E-state index contributed by atoms with van der Waals surface area (Å²) >= 11 is 0. The van der Waals surface area contributed by atoms with Crippen molar-refractivity contribution in [3.63, 3.8) is 0 Å². The van der Waals surface area contributed by atoms with Crippen LogP contribution in [0.5, 0.6) is 0 Å². The largest absolute Gasteiger partial charge is 0.375 e. The van der Waals surface area contributed by atoms with Gasteiger partial charge >= 0.3 is 0 Å². The van der Waals surface area contributed by atoms with E-state index in [0.717, 1.165) is 16.5 Å². The van der Waals surface area contributed by atoms with Gasteiger partial charge in [0.25, 0.3) is 5.91 Å². The van der Waals surface area contributed by atoms with Gasteiger partial charge in [-0.2, -0.15) is 0 Å². The molecule has 0 heterocycles. The molecule has 6 nitrogen and oxygen atoms in total. The third kappa shape index (κ3) is 4.37. The minimum absolute atomic E-state index is 0.153. The van der Waals surface area contributed by atoms with E-state index < -0.39 is 10.0 Å². The van der Waals surface area contributed by atoms with E-state index >= 15 is 0 Å². The number of hydrogen-bond acceptors (Lipinski definition) is 4. The molecule has 25 heavy (non-hydrogen) atoms. The van der Waals surface area contributed by atoms with E-state index in [1.807, 2.05) is 31.3 Å². The Labute approximate surface area is 149 Å². The normalized spacial score (nSPS) is 11.4. The van der Waals surface area contributed by atoms with Crippen LogP contribution < -0.4 is 10.2 Å². The number of sulfonamides is 1. The molecule has 0 aliphatic rings. The van der Waals surface area contributed by atoms with Crippen molar-refractivity contribution in [1.29, 1.82) is 0 Å².